The number of carbonyl (C=O) groups excluding carboxylic acids is 2. The fourth-order valence-electron chi connectivity index (χ4n) is 3.49. The lowest BCUT2D eigenvalue weighted by Gasteiger charge is -2.40. The van der Waals surface area contributed by atoms with Crippen molar-refractivity contribution in [1.82, 2.24) is 15.3 Å². The van der Waals surface area contributed by atoms with E-state index < -0.39 is 11.7 Å². The van der Waals surface area contributed by atoms with Gasteiger partial charge in [-0.1, -0.05) is 36.0 Å². The number of amides is 2. The van der Waals surface area contributed by atoms with Crippen LogP contribution in [0.25, 0.3) is 0 Å². The highest BCUT2D eigenvalue weighted by Gasteiger charge is 2.33. The Morgan fingerprint density at radius 3 is 2.60 bits per heavy atom. The van der Waals surface area contributed by atoms with Gasteiger partial charge in [0.1, 0.15) is 16.4 Å². The van der Waals surface area contributed by atoms with E-state index in [9.17, 15) is 9.59 Å². The fourth-order valence-corrected chi connectivity index (χ4v) is 4.59. The molecule has 0 saturated carbocycles. The molecule has 1 aliphatic heterocycles. The molecular weight excluding hydrogens is 488 g/mol. The van der Waals surface area contributed by atoms with E-state index in [4.69, 9.17) is 22.1 Å². The lowest BCUT2D eigenvalue weighted by atomic mass is 9.90. The van der Waals surface area contributed by atoms with E-state index in [2.05, 4.69) is 32.1 Å². The van der Waals surface area contributed by atoms with Crippen molar-refractivity contribution in [3.63, 3.8) is 0 Å². The quantitative estimate of drug-likeness (QED) is 0.463. The average Bonchev–Trinajstić information content (AvgIpc) is 2.76. The average molecular weight is 519 g/mol. The van der Waals surface area contributed by atoms with E-state index in [1.165, 1.54) is 17.8 Å². The van der Waals surface area contributed by atoms with Gasteiger partial charge in [0.25, 0.3) is 0 Å². The molecule has 4 N–H and O–H groups in total. The standard InChI is InChI=1S/C24H31ClN6O3S/c1-6-18(32)28-15-8-7-9-16(19(15)25)35-21-20(26)29-17(14-27-21)31-12-10-24(5,11-13-31)30-22(33)34-23(2,3)4/h6-9,14H,1,10-13H2,2-5H3,(H2,26,29)(H,28,32)(H,30,33). The first kappa shape index (κ1) is 26.6. The molecule has 0 aliphatic carbocycles. The van der Waals surface area contributed by atoms with Crippen molar-refractivity contribution >= 4 is 52.7 Å². The topological polar surface area (TPSA) is 122 Å². The molecular formula is C24H31ClN6O3S. The van der Waals surface area contributed by atoms with Gasteiger partial charge in [-0.05, 0) is 58.7 Å². The van der Waals surface area contributed by atoms with Gasteiger partial charge < -0.3 is 26.0 Å². The Morgan fingerprint density at radius 2 is 2.00 bits per heavy atom. The van der Waals surface area contributed by atoms with Gasteiger partial charge in [0.2, 0.25) is 5.91 Å². The second kappa shape index (κ2) is 10.7. The Hall–Kier alpha value is -2.98. The van der Waals surface area contributed by atoms with Gasteiger partial charge in [0.05, 0.1) is 16.9 Å². The third kappa shape index (κ3) is 7.25. The van der Waals surface area contributed by atoms with Crippen molar-refractivity contribution in [3.8, 4) is 0 Å². The Bertz CT molecular complexity index is 1110. The van der Waals surface area contributed by atoms with Gasteiger partial charge in [-0.2, -0.15) is 0 Å². The smallest absolute Gasteiger partial charge is 0.408 e. The molecule has 1 saturated heterocycles. The molecule has 1 fully saturated rings. The predicted molar refractivity (Wildman–Crippen MR) is 140 cm³/mol. The molecule has 0 spiro atoms. The minimum absolute atomic E-state index is 0.282. The molecule has 2 aromatic rings. The van der Waals surface area contributed by atoms with Crippen LogP contribution in [-0.2, 0) is 9.53 Å². The number of nitrogens with zero attached hydrogens (tertiary/aromatic N) is 3. The summed E-state index contributed by atoms with van der Waals surface area (Å²) < 4.78 is 5.40. The lowest BCUT2D eigenvalue weighted by Crippen LogP contribution is -2.54. The zero-order valence-corrected chi connectivity index (χ0v) is 21.9. The van der Waals surface area contributed by atoms with E-state index in [0.717, 1.165) is 12.8 Å². The molecule has 2 amide bonds. The van der Waals surface area contributed by atoms with Crippen LogP contribution in [0.15, 0.2) is 47.0 Å². The van der Waals surface area contributed by atoms with Crippen molar-refractivity contribution in [2.24, 2.45) is 0 Å². The van der Waals surface area contributed by atoms with E-state index in [-0.39, 0.29) is 17.3 Å². The van der Waals surface area contributed by atoms with E-state index in [1.807, 2.05) is 33.8 Å². The van der Waals surface area contributed by atoms with Crippen molar-refractivity contribution in [1.29, 1.82) is 0 Å². The first-order valence-electron chi connectivity index (χ1n) is 11.2. The van der Waals surface area contributed by atoms with Crippen molar-refractivity contribution in [2.45, 2.75) is 61.6 Å². The first-order chi connectivity index (χ1) is 16.4. The summed E-state index contributed by atoms with van der Waals surface area (Å²) in [7, 11) is 0. The lowest BCUT2D eigenvalue weighted by molar-refractivity contribution is -0.111. The monoisotopic (exact) mass is 518 g/mol. The summed E-state index contributed by atoms with van der Waals surface area (Å²) in [5, 5.41) is 6.56. The third-order valence-corrected chi connectivity index (χ3v) is 6.95. The van der Waals surface area contributed by atoms with E-state index in [1.54, 1.807) is 18.3 Å². The Kier molecular flexibility index (Phi) is 8.17. The van der Waals surface area contributed by atoms with Gasteiger partial charge in [0, 0.05) is 23.5 Å². The predicted octanol–water partition coefficient (Wildman–Crippen LogP) is 4.87. The SMILES string of the molecule is C=CC(=O)Nc1cccc(Sc2ncc(N3CCC(C)(NC(=O)OC(C)(C)C)CC3)nc2N)c1Cl. The van der Waals surface area contributed by atoms with Gasteiger partial charge in [-0.25, -0.2) is 14.8 Å². The largest absolute Gasteiger partial charge is 0.444 e. The maximum atomic E-state index is 12.2. The van der Waals surface area contributed by atoms with Crippen LogP contribution in [0.1, 0.15) is 40.5 Å². The molecule has 9 nitrogen and oxygen atoms in total. The number of halogens is 1. The van der Waals surface area contributed by atoms with Crippen LogP contribution in [0.2, 0.25) is 5.02 Å². The Balaban J connectivity index is 1.64. The molecule has 0 bridgehead atoms. The Labute approximate surface area is 214 Å². The first-order valence-corrected chi connectivity index (χ1v) is 12.4. The minimum Gasteiger partial charge on any atom is -0.444 e. The number of anilines is 3. The number of alkyl carbamates (subject to hydrolysis) is 1. The summed E-state index contributed by atoms with van der Waals surface area (Å²) >= 11 is 7.73. The van der Waals surface area contributed by atoms with Gasteiger partial charge in [-0.15, -0.1) is 0 Å². The number of nitrogens with two attached hydrogens (primary N) is 1. The number of nitrogen functional groups attached to an aromatic ring is 1. The fraction of sp³-hybridized carbons (Fsp3) is 0.417. The van der Waals surface area contributed by atoms with Gasteiger partial charge >= 0.3 is 6.09 Å². The molecule has 1 aromatic heterocycles. The number of aromatic nitrogens is 2. The molecule has 0 unspecified atom stereocenters. The highest BCUT2D eigenvalue weighted by Crippen LogP contribution is 2.38. The molecule has 0 atom stereocenters. The van der Waals surface area contributed by atoms with Crippen LogP contribution in [0, 0.1) is 0 Å². The third-order valence-electron chi connectivity index (χ3n) is 5.36. The van der Waals surface area contributed by atoms with Crippen LogP contribution >= 0.6 is 23.4 Å². The number of rotatable bonds is 6. The second-order valence-electron chi connectivity index (χ2n) is 9.51. The maximum absolute atomic E-state index is 12.2. The second-order valence-corrected chi connectivity index (χ2v) is 10.9. The summed E-state index contributed by atoms with van der Waals surface area (Å²) in [5.74, 6) is 0.602. The summed E-state index contributed by atoms with van der Waals surface area (Å²) in [5.41, 5.74) is 5.79. The van der Waals surface area contributed by atoms with Crippen molar-refractivity contribution < 1.29 is 14.3 Å². The zero-order valence-electron chi connectivity index (χ0n) is 20.4. The number of ether oxygens (including phenoxy) is 1. The summed E-state index contributed by atoms with van der Waals surface area (Å²) in [6.45, 7) is 12.4. The number of hydrogen-bond donors (Lipinski definition) is 3. The maximum Gasteiger partial charge on any atom is 0.408 e. The van der Waals surface area contributed by atoms with E-state index in [0.29, 0.717) is 39.5 Å². The zero-order chi connectivity index (χ0) is 25.8. The number of piperidine rings is 1. The molecule has 2 heterocycles. The van der Waals surface area contributed by atoms with E-state index >= 15 is 0 Å². The molecule has 1 aliphatic rings. The number of nitrogens with one attached hydrogen (secondary N) is 2. The molecule has 1 aromatic carbocycles. The number of carbonyl (C=O) groups is 2. The van der Waals surface area contributed by atoms with Crippen LogP contribution in [-0.4, -0.2) is 46.2 Å². The van der Waals surface area contributed by atoms with Crippen molar-refractivity contribution in [2.75, 3.05) is 29.0 Å². The summed E-state index contributed by atoms with van der Waals surface area (Å²) in [4.78, 5) is 35.7. The van der Waals surface area contributed by atoms with Gasteiger partial charge in [-0.3, -0.25) is 4.79 Å². The van der Waals surface area contributed by atoms with Crippen LogP contribution < -0.4 is 21.3 Å². The summed E-state index contributed by atoms with van der Waals surface area (Å²) in [6.07, 6.45) is 3.90. The normalized spacial score (nSPS) is 15.3. The van der Waals surface area contributed by atoms with Crippen molar-refractivity contribution in [3.05, 3.63) is 42.1 Å². The van der Waals surface area contributed by atoms with Crippen LogP contribution in [0.4, 0.5) is 22.1 Å². The minimum atomic E-state index is -0.543. The molecule has 35 heavy (non-hydrogen) atoms. The van der Waals surface area contributed by atoms with Gasteiger partial charge in [0.15, 0.2) is 5.82 Å². The molecule has 11 heteroatoms. The number of benzene rings is 1. The number of hydrogen-bond acceptors (Lipinski definition) is 8. The Morgan fingerprint density at radius 1 is 1.31 bits per heavy atom. The molecule has 0 radical (unpaired) electrons. The summed E-state index contributed by atoms with van der Waals surface area (Å²) in [6, 6.07) is 5.30. The highest BCUT2D eigenvalue weighted by molar-refractivity contribution is 7.99. The molecule has 3 rings (SSSR count). The highest BCUT2D eigenvalue weighted by atomic mass is 35.5. The van der Waals surface area contributed by atoms with Crippen LogP contribution in [0.3, 0.4) is 0 Å². The van der Waals surface area contributed by atoms with Crippen LogP contribution in [0.5, 0.6) is 0 Å². The molecule has 188 valence electrons.